The third kappa shape index (κ3) is 2.19. The maximum absolute atomic E-state index is 9.74. The summed E-state index contributed by atoms with van der Waals surface area (Å²) >= 11 is 0. The van der Waals surface area contributed by atoms with Crippen LogP contribution < -0.4 is 0 Å². The normalized spacial score (nSPS) is 9.75. The molecule has 0 saturated carbocycles. The van der Waals surface area contributed by atoms with Gasteiger partial charge in [-0.1, -0.05) is 24.3 Å². The molecule has 0 bridgehead atoms. The molecule has 2 heteroatoms. The van der Waals surface area contributed by atoms with Crippen LogP contribution in [0.2, 0.25) is 0 Å². The average Bonchev–Trinajstić information content (AvgIpc) is 2.09. The highest BCUT2D eigenvalue weighted by atomic mass is 18.1. The van der Waals surface area contributed by atoms with Crippen LogP contribution in [0.3, 0.4) is 0 Å². The number of nitrogens with zero attached hydrogens (tertiary/aromatic N) is 1. The van der Waals surface area contributed by atoms with Gasteiger partial charge in [-0.2, -0.15) is 4.99 Å². The summed E-state index contributed by atoms with van der Waals surface area (Å²) in [5.74, 6) is 0. The SMILES string of the molecule is Cc1ccccc1/C=C/N=C=[18O]. The molecule has 0 spiro atoms. The topological polar surface area (TPSA) is 29.4 Å². The molecule has 0 heterocycles. The summed E-state index contributed by atoms with van der Waals surface area (Å²) in [6, 6.07) is 7.88. The van der Waals surface area contributed by atoms with Crippen molar-refractivity contribution in [3.05, 3.63) is 41.6 Å². The van der Waals surface area contributed by atoms with E-state index in [0.29, 0.717) is 0 Å². The first-order valence-corrected chi connectivity index (χ1v) is 3.64. The van der Waals surface area contributed by atoms with E-state index in [-0.39, 0.29) is 0 Å². The second kappa shape index (κ2) is 4.27. The van der Waals surface area contributed by atoms with Crippen LogP contribution >= 0.6 is 0 Å². The van der Waals surface area contributed by atoms with Crippen LogP contribution in [0.1, 0.15) is 11.1 Å². The molecule has 0 aliphatic rings. The lowest BCUT2D eigenvalue weighted by atomic mass is 10.1. The van der Waals surface area contributed by atoms with Crippen LogP contribution in [0.15, 0.2) is 35.5 Å². The van der Waals surface area contributed by atoms with Crippen LogP contribution in [0.5, 0.6) is 0 Å². The van der Waals surface area contributed by atoms with Crippen molar-refractivity contribution in [2.75, 3.05) is 0 Å². The van der Waals surface area contributed by atoms with E-state index in [0.717, 1.165) is 11.1 Å². The number of hydrogen-bond donors (Lipinski definition) is 0. The molecule has 12 heavy (non-hydrogen) atoms. The number of aliphatic imine (C=N–C) groups is 1. The van der Waals surface area contributed by atoms with Crippen molar-refractivity contribution in [1.82, 2.24) is 0 Å². The monoisotopic (exact) mass is 161 g/mol. The maximum Gasteiger partial charge on any atom is 0.239 e. The Kier molecular flexibility index (Phi) is 3.00. The molecule has 1 aromatic rings. The predicted molar refractivity (Wildman–Crippen MR) is 48.3 cm³/mol. The standard InChI is InChI=1S/C10H9NO/c1-9-4-2-3-5-10(9)6-7-11-8-12/h2-7H,1H3/b7-6+/i12+2. The van der Waals surface area contributed by atoms with E-state index in [1.807, 2.05) is 31.2 Å². The second-order valence-electron chi connectivity index (χ2n) is 2.39. The Labute approximate surface area is 71.3 Å². The predicted octanol–water partition coefficient (Wildman–Crippen LogP) is 2.30. The van der Waals surface area contributed by atoms with Gasteiger partial charge in [0, 0.05) is 6.20 Å². The highest BCUT2D eigenvalue weighted by Gasteiger charge is 1.88. The zero-order chi connectivity index (χ0) is 8.81. The van der Waals surface area contributed by atoms with Gasteiger partial charge in [0.25, 0.3) is 0 Å². The molecule has 0 saturated heterocycles. The van der Waals surface area contributed by atoms with Crippen molar-refractivity contribution in [3.63, 3.8) is 0 Å². The van der Waals surface area contributed by atoms with Crippen LogP contribution in [-0.4, -0.2) is 6.08 Å². The molecular weight excluding hydrogens is 152 g/mol. The van der Waals surface area contributed by atoms with Gasteiger partial charge >= 0.3 is 0 Å². The molecular formula is C10H9NO. The summed E-state index contributed by atoms with van der Waals surface area (Å²) in [6.07, 6.45) is 4.66. The van der Waals surface area contributed by atoms with Crippen molar-refractivity contribution in [3.8, 4) is 0 Å². The Hall–Kier alpha value is -1.66. The quantitative estimate of drug-likeness (QED) is 0.372. The van der Waals surface area contributed by atoms with E-state index >= 15 is 0 Å². The van der Waals surface area contributed by atoms with Gasteiger partial charge in [-0.05, 0) is 24.1 Å². The van der Waals surface area contributed by atoms with Gasteiger partial charge in [0.1, 0.15) is 0 Å². The molecule has 0 radical (unpaired) electrons. The summed E-state index contributed by atoms with van der Waals surface area (Å²) in [7, 11) is 0. The third-order valence-electron chi connectivity index (χ3n) is 1.57. The molecule has 2 nitrogen and oxygen atoms in total. The molecule has 1 rings (SSSR count). The van der Waals surface area contributed by atoms with Crippen molar-refractivity contribution in [1.29, 1.82) is 0 Å². The first-order valence-electron chi connectivity index (χ1n) is 3.64. The summed E-state index contributed by atoms with van der Waals surface area (Å²) in [6.45, 7) is 2.00. The Bertz CT molecular complexity index is 335. The zero-order valence-corrected chi connectivity index (χ0v) is 6.82. The third-order valence-corrected chi connectivity index (χ3v) is 1.57. The Morgan fingerprint density at radius 1 is 1.42 bits per heavy atom. The largest absolute Gasteiger partial charge is 0.239 e. The Balaban J connectivity index is 2.89. The second-order valence-corrected chi connectivity index (χ2v) is 2.39. The minimum Gasteiger partial charge on any atom is -0.211 e. The van der Waals surface area contributed by atoms with Gasteiger partial charge in [0.2, 0.25) is 6.08 Å². The summed E-state index contributed by atoms with van der Waals surface area (Å²) in [4.78, 5) is 13.1. The van der Waals surface area contributed by atoms with Crippen molar-refractivity contribution >= 4 is 12.2 Å². The van der Waals surface area contributed by atoms with Crippen LogP contribution in [0.4, 0.5) is 0 Å². The lowest BCUT2D eigenvalue weighted by molar-refractivity contribution is 0.565. The van der Waals surface area contributed by atoms with Gasteiger partial charge in [-0.25, -0.2) is 4.79 Å². The Morgan fingerprint density at radius 2 is 2.17 bits per heavy atom. The van der Waals surface area contributed by atoms with E-state index in [9.17, 15) is 4.79 Å². The number of rotatable bonds is 2. The van der Waals surface area contributed by atoms with Gasteiger partial charge in [-0.3, -0.25) is 0 Å². The van der Waals surface area contributed by atoms with Gasteiger partial charge in [-0.15, -0.1) is 0 Å². The first kappa shape index (κ1) is 8.44. The number of carbonyl (C=O) groups excluding carboxylic acids is 1. The van der Waals surface area contributed by atoms with E-state index < -0.39 is 0 Å². The van der Waals surface area contributed by atoms with Gasteiger partial charge < -0.3 is 0 Å². The molecule has 0 aromatic heterocycles. The van der Waals surface area contributed by atoms with Crippen LogP contribution in [-0.2, 0) is 4.79 Å². The van der Waals surface area contributed by atoms with E-state index in [1.54, 1.807) is 6.08 Å². The number of benzene rings is 1. The number of isocyanates is 1. The minimum atomic E-state index is 1.07. The molecule has 0 amide bonds. The van der Waals surface area contributed by atoms with Crippen LogP contribution in [0, 0.1) is 6.92 Å². The van der Waals surface area contributed by atoms with Crippen molar-refractivity contribution < 1.29 is 4.79 Å². The molecule has 60 valence electrons. The molecule has 1 aromatic carbocycles. The molecule has 0 fully saturated rings. The zero-order valence-electron chi connectivity index (χ0n) is 6.82. The van der Waals surface area contributed by atoms with Crippen molar-refractivity contribution in [2.24, 2.45) is 4.99 Å². The number of hydrogen-bond acceptors (Lipinski definition) is 2. The fraction of sp³-hybridized carbons (Fsp3) is 0.100. The van der Waals surface area contributed by atoms with E-state index in [2.05, 4.69) is 4.99 Å². The van der Waals surface area contributed by atoms with Gasteiger partial charge in [0.15, 0.2) is 0 Å². The summed E-state index contributed by atoms with van der Waals surface area (Å²) in [5, 5.41) is 0. The fourth-order valence-electron chi connectivity index (χ4n) is 0.922. The Morgan fingerprint density at radius 3 is 2.83 bits per heavy atom. The minimum absolute atomic E-state index is 1.07. The molecule has 0 atom stereocenters. The fourth-order valence-corrected chi connectivity index (χ4v) is 0.922. The first-order chi connectivity index (χ1) is 5.84. The van der Waals surface area contributed by atoms with E-state index in [4.69, 9.17) is 0 Å². The van der Waals surface area contributed by atoms with Crippen molar-refractivity contribution in [2.45, 2.75) is 6.92 Å². The van der Waals surface area contributed by atoms with Gasteiger partial charge in [0.05, 0.1) is 0 Å². The smallest absolute Gasteiger partial charge is 0.211 e. The molecule has 0 aliphatic carbocycles. The number of aryl methyl sites for hydroxylation is 1. The maximum atomic E-state index is 9.74. The molecule has 0 unspecified atom stereocenters. The highest BCUT2D eigenvalue weighted by Crippen LogP contribution is 2.08. The lowest BCUT2D eigenvalue weighted by Gasteiger charge is -1.95. The average molecular weight is 161 g/mol. The van der Waals surface area contributed by atoms with E-state index in [1.165, 1.54) is 12.3 Å². The highest BCUT2D eigenvalue weighted by molar-refractivity contribution is 5.54. The lowest BCUT2D eigenvalue weighted by Crippen LogP contribution is -1.76. The summed E-state index contributed by atoms with van der Waals surface area (Å²) in [5.41, 5.74) is 2.23. The molecule has 0 aliphatic heterocycles. The van der Waals surface area contributed by atoms with Crippen LogP contribution in [0.25, 0.3) is 6.08 Å². The summed E-state index contributed by atoms with van der Waals surface area (Å²) < 4.78 is 0. The molecule has 0 N–H and O–H groups in total.